The van der Waals surface area contributed by atoms with E-state index in [1.165, 1.54) is 18.4 Å². The highest BCUT2D eigenvalue weighted by Gasteiger charge is 2.46. The van der Waals surface area contributed by atoms with Crippen LogP contribution < -0.4 is 5.32 Å². The lowest BCUT2D eigenvalue weighted by atomic mass is 9.62. The first-order valence-corrected chi connectivity index (χ1v) is 9.11. The molecule has 0 unspecified atom stereocenters. The number of rotatable bonds is 7. The van der Waals surface area contributed by atoms with E-state index >= 15 is 0 Å². The normalized spacial score (nSPS) is 25.1. The SMILES string of the molecule is CCC(CC)(CNC1CC(C#N)(c2ccccc2)C1)SC. The Bertz CT molecular complexity index is 473. The fraction of sp³-hybridized carbons (Fsp3) is 0.611. The summed E-state index contributed by atoms with van der Waals surface area (Å²) in [5.41, 5.74) is 0.909. The summed E-state index contributed by atoms with van der Waals surface area (Å²) in [6.07, 6.45) is 6.45. The quantitative estimate of drug-likeness (QED) is 0.823. The van der Waals surface area contributed by atoms with Gasteiger partial charge in [0.2, 0.25) is 0 Å². The van der Waals surface area contributed by atoms with Gasteiger partial charge in [-0.1, -0.05) is 44.2 Å². The average Bonchev–Trinajstić information content (AvgIpc) is 2.52. The number of thioether (sulfide) groups is 1. The summed E-state index contributed by atoms with van der Waals surface area (Å²) < 4.78 is 0.345. The van der Waals surface area contributed by atoms with Gasteiger partial charge in [0, 0.05) is 17.3 Å². The monoisotopic (exact) mass is 302 g/mol. The highest BCUT2D eigenvalue weighted by molar-refractivity contribution is 8.00. The second-order valence-electron chi connectivity index (χ2n) is 6.14. The fourth-order valence-corrected chi connectivity index (χ4v) is 4.07. The summed E-state index contributed by atoms with van der Waals surface area (Å²) in [5, 5.41) is 13.3. The molecule has 21 heavy (non-hydrogen) atoms. The largest absolute Gasteiger partial charge is 0.312 e. The number of nitriles is 1. The van der Waals surface area contributed by atoms with E-state index in [9.17, 15) is 5.26 Å². The molecular weight excluding hydrogens is 276 g/mol. The molecule has 0 atom stereocenters. The molecule has 1 aliphatic rings. The lowest BCUT2D eigenvalue weighted by Gasteiger charge is -2.45. The molecule has 1 aliphatic carbocycles. The van der Waals surface area contributed by atoms with E-state index in [4.69, 9.17) is 0 Å². The summed E-state index contributed by atoms with van der Waals surface area (Å²) in [5.74, 6) is 0. The molecule has 1 fully saturated rings. The van der Waals surface area contributed by atoms with Crippen molar-refractivity contribution in [2.75, 3.05) is 12.8 Å². The van der Waals surface area contributed by atoms with Crippen molar-refractivity contribution < 1.29 is 0 Å². The highest BCUT2D eigenvalue weighted by atomic mass is 32.2. The zero-order chi connectivity index (χ0) is 15.3. The maximum absolute atomic E-state index is 9.59. The predicted octanol–water partition coefficient (Wildman–Crippen LogP) is 4.12. The molecule has 3 heteroatoms. The summed E-state index contributed by atoms with van der Waals surface area (Å²) in [4.78, 5) is 0. The van der Waals surface area contributed by atoms with Crippen molar-refractivity contribution in [2.45, 2.75) is 55.7 Å². The number of hydrogen-bond donors (Lipinski definition) is 1. The van der Waals surface area contributed by atoms with Crippen LogP contribution in [0.4, 0.5) is 0 Å². The molecule has 0 aliphatic heterocycles. The Morgan fingerprint density at radius 2 is 1.90 bits per heavy atom. The van der Waals surface area contributed by atoms with Gasteiger partial charge in [0.1, 0.15) is 0 Å². The third-order valence-electron chi connectivity index (χ3n) is 5.16. The number of hydrogen-bond acceptors (Lipinski definition) is 3. The second kappa shape index (κ2) is 6.85. The Morgan fingerprint density at radius 1 is 1.29 bits per heavy atom. The summed E-state index contributed by atoms with van der Waals surface area (Å²) in [6, 6.07) is 13.3. The molecule has 0 amide bonds. The Kier molecular flexibility index (Phi) is 5.35. The molecule has 2 rings (SSSR count). The van der Waals surface area contributed by atoms with Gasteiger partial charge >= 0.3 is 0 Å². The van der Waals surface area contributed by atoms with Crippen molar-refractivity contribution in [3.63, 3.8) is 0 Å². The smallest absolute Gasteiger partial charge is 0.0852 e. The van der Waals surface area contributed by atoms with Crippen LogP contribution in [-0.2, 0) is 5.41 Å². The van der Waals surface area contributed by atoms with Crippen molar-refractivity contribution >= 4 is 11.8 Å². The molecular formula is C18H26N2S. The Labute approximate surface area is 133 Å². The zero-order valence-electron chi connectivity index (χ0n) is 13.4. The van der Waals surface area contributed by atoms with E-state index in [1.807, 2.05) is 30.0 Å². The second-order valence-corrected chi connectivity index (χ2v) is 7.41. The minimum absolute atomic E-state index is 0.265. The van der Waals surface area contributed by atoms with Gasteiger partial charge in [0.25, 0.3) is 0 Å². The highest BCUT2D eigenvalue weighted by Crippen LogP contribution is 2.43. The molecule has 0 spiro atoms. The minimum atomic E-state index is -0.265. The van der Waals surface area contributed by atoms with E-state index in [1.54, 1.807) is 0 Å². The van der Waals surface area contributed by atoms with Gasteiger partial charge in [0.05, 0.1) is 11.5 Å². The van der Waals surface area contributed by atoms with Crippen molar-refractivity contribution in [2.24, 2.45) is 0 Å². The predicted molar refractivity (Wildman–Crippen MR) is 91.6 cm³/mol. The van der Waals surface area contributed by atoms with Crippen LogP contribution in [-0.4, -0.2) is 23.6 Å². The zero-order valence-corrected chi connectivity index (χ0v) is 14.2. The van der Waals surface area contributed by atoms with Crippen LogP contribution in [0.5, 0.6) is 0 Å². The Balaban J connectivity index is 1.93. The maximum atomic E-state index is 9.59. The third-order valence-corrected chi connectivity index (χ3v) is 6.75. The first kappa shape index (κ1) is 16.4. The molecule has 0 saturated heterocycles. The maximum Gasteiger partial charge on any atom is 0.0852 e. The van der Waals surface area contributed by atoms with Crippen LogP contribution in [0.15, 0.2) is 30.3 Å². The van der Waals surface area contributed by atoms with Gasteiger partial charge in [-0.05, 0) is 37.5 Å². The van der Waals surface area contributed by atoms with E-state index < -0.39 is 0 Å². The van der Waals surface area contributed by atoms with Crippen molar-refractivity contribution in [1.29, 1.82) is 5.26 Å². The molecule has 1 N–H and O–H groups in total. The minimum Gasteiger partial charge on any atom is -0.312 e. The van der Waals surface area contributed by atoms with Gasteiger partial charge in [-0.3, -0.25) is 0 Å². The lowest BCUT2D eigenvalue weighted by molar-refractivity contribution is 0.220. The Morgan fingerprint density at radius 3 is 2.38 bits per heavy atom. The summed E-state index contributed by atoms with van der Waals surface area (Å²) in [6.45, 7) is 5.58. The molecule has 114 valence electrons. The van der Waals surface area contributed by atoms with Gasteiger partial charge < -0.3 is 5.32 Å². The molecule has 1 aromatic carbocycles. The van der Waals surface area contributed by atoms with Gasteiger partial charge in [-0.25, -0.2) is 0 Å². The molecule has 0 radical (unpaired) electrons. The molecule has 1 aromatic rings. The van der Waals surface area contributed by atoms with Crippen LogP contribution in [0, 0.1) is 11.3 Å². The van der Waals surface area contributed by atoms with Gasteiger partial charge in [0.15, 0.2) is 0 Å². The van der Waals surface area contributed by atoms with Crippen LogP contribution in [0.2, 0.25) is 0 Å². The van der Waals surface area contributed by atoms with Gasteiger partial charge in [-0.2, -0.15) is 17.0 Å². The van der Waals surface area contributed by atoms with E-state index in [0.717, 1.165) is 19.4 Å². The van der Waals surface area contributed by atoms with E-state index in [0.29, 0.717) is 10.8 Å². The van der Waals surface area contributed by atoms with E-state index in [2.05, 4.69) is 43.6 Å². The molecule has 0 heterocycles. The summed E-state index contributed by atoms with van der Waals surface area (Å²) in [7, 11) is 0. The van der Waals surface area contributed by atoms with Crippen LogP contribution in [0.3, 0.4) is 0 Å². The van der Waals surface area contributed by atoms with Crippen LogP contribution in [0.1, 0.15) is 45.1 Å². The standard InChI is InChI=1S/C18H26N2S/c1-4-18(5-2,21-3)14-20-16-11-17(12-16,13-19)15-9-7-6-8-10-15/h6-10,16,20H,4-5,11-12,14H2,1-3H3. The average molecular weight is 302 g/mol. The molecule has 1 saturated carbocycles. The van der Waals surface area contributed by atoms with Crippen LogP contribution in [0.25, 0.3) is 0 Å². The molecule has 0 bridgehead atoms. The van der Waals surface area contributed by atoms with Crippen molar-refractivity contribution in [3.8, 4) is 6.07 Å². The first-order chi connectivity index (χ1) is 10.1. The third kappa shape index (κ3) is 3.27. The fourth-order valence-electron chi connectivity index (χ4n) is 3.27. The Hall–Kier alpha value is -0.980. The van der Waals surface area contributed by atoms with Crippen molar-refractivity contribution in [1.82, 2.24) is 5.32 Å². The summed E-state index contributed by atoms with van der Waals surface area (Å²) >= 11 is 1.97. The van der Waals surface area contributed by atoms with Crippen LogP contribution >= 0.6 is 11.8 Å². The first-order valence-electron chi connectivity index (χ1n) is 7.89. The lowest BCUT2D eigenvalue weighted by Crippen LogP contribution is -2.53. The van der Waals surface area contributed by atoms with E-state index in [-0.39, 0.29) is 5.41 Å². The number of nitrogens with zero attached hydrogens (tertiary/aromatic N) is 1. The topological polar surface area (TPSA) is 35.8 Å². The van der Waals surface area contributed by atoms with Gasteiger partial charge in [-0.15, -0.1) is 0 Å². The number of nitrogens with one attached hydrogen (secondary N) is 1. The van der Waals surface area contributed by atoms with Crippen molar-refractivity contribution in [3.05, 3.63) is 35.9 Å². The molecule has 0 aromatic heterocycles. The molecule has 2 nitrogen and oxygen atoms in total. The number of benzene rings is 1.